The van der Waals surface area contributed by atoms with E-state index in [1.54, 1.807) is 0 Å². The Kier molecular flexibility index (Phi) is 5.26. The highest BCUT2D eigenvalue weighted by Gasteiger charge is 2.36. The molecule has 2 rings (SSSR count). The zero-order valence-electron chi connectivity index (χ0n) is 12.6. The van der Waals surface area contributed by atoms with Gasteiger partial charge in [-0.1, -0.05) is 26.2 Å². The first-order valence-electron chi connectivity index (χ1n) is 8.22. The molecule has 2 fully saturated rings. The number of amides is 1. The van der Waals surface area contributed by atoms with Gasteiger partial charge in [-0.05, 0) is 57.9 Å². The second-order valence-electron chi connectivity index (χ2n) is 6.60. The number of rotatable bonds is 4. The van der Waals surface area contributed by atoms with Gasteiger partial charge in [0.2, 0.25) is 5.91 Å². The van der Waals surface area contributed by atoms with Crippen molar-refractivity contribution in [2.75, 3.05) is 6.54 Å². The van der Waals surface area contributed by atoms with E-state index in [4.69, 9.17) is 0 Å². The van der Waals surface area contributed by atoms with Crippen LogP contribution in [0.4, 0.5) is 0 Å². The average molecular weight is 266 g/mol. The third-order valence-electron chi connectivity index (χ3n) is 5.10. The summed E-state index contributed by atoms with van der Waals surface area (Å²) in [7, 11) is 0. The summed E-state index contributed by atoms with van der Waals surface area (Å²) in [4.78, 5) is 12.6. The molecule has 0 bridgehead atoms. The van der Waals surface area contributed by atoms with Gasteiger partial charge in [0.05, 0.1) is 5.54 Å². The molecule has 1 heterocycles. The van der Waals surface area contributed by atoms with Gasteiger partial charge in [0.15, 0.2) is 0 Å². The highest BCUT2D eigenvalue weighted by molar-refractivity contribution is 5.86. The Balaban J connectivity index is 1.91. The molecule has 2 aliphatic rings. The van der Waals surface area contributed by atoms with Gasteiger partial charge in [0.25, 0.3) is 0 Å². The van der Waals surface area contributed by atoms with Gasteiger partial charge in [-0.2, -0.15) is 0 Å². The van der Waals surface area contributed by atoms with E-state index in [9.17, 15) is 4.79 Å². The quantitative estimate of drug-likeness (QED) is 0.821. The lowest BCUT2D eigenvalue weighted by atomic mass is 9.82. The molecular formula is C16H30N2O. The SMILES string of the molecule is CCC(NC(=O)C1(C)CCCCN1)C1CCCCC1. The van der Waals surface area contributed by atoms with Crippen molar-refractivity contribution in [2.24, 2.45) is 5.92 Å². The minimum absolute atomic E-state index is 0.227. The van der Waals surface area contributed by atoms with Gasteiger partial charge in [0, 0.05) is 6.04 Å². The molecule has 2 atom stereocenters. The molecule has 0 aromatic heterocycles. The zero-order chi connectivity index (χ0) is 13.7. The highest BCUT2D eigenvalue weighted by Crippen LogP contribution is 2.28. The maximum absolute atomic E-state index is 12.6. The minimum atomic E-state index is -0.333. The largest absolute Gasteiger partial charge is 0.352 e. The molecule has 0 aromatic rings. The maximum atomic E-state index is 12.6. The summed E-state index contributed by atoms with van der Waals surface area (Å²) in [5.74, 6) is 0.930. The van der Waals surface area contributed by atoms with Crippen LogP contribution in [0.25, 0.3) is 0 Å². The first-order chi connectivity index (χ1) is 9.15. The summed E-state index contributed by atoms with van der Waals surface area (Å²) >= 11 is 0. The van der Waals surface area contributed by atoms with Gasteiger partial charge in [-0.15, -0.1) is 0 Å². The van der Waals surface area contributed by atoms with E-state index < -0.39 is 0 Å². The molecule has 0 radical (unpaired) electrons. The number of hydrogen-bond donors (Lipinski definition) is 2. The molecule has 3 nitrogen and oxygen atoms in total. The van der Waals surface area contributed by atoms with Crippen molar-refractivity contribution in [1.29, 1.82) is 0 Å². The Morgan fingerprint density at radius 1 is 1.26 bits per heavy atom. The molecule has 0 spiro atoms. The number of hydrogen-bond acceptors (Lipinski definition) is 2. The predicted octanol–water partition coefficient (Wildman–Crippen LogP) is 2.99. The predicted molar refractivity (Wildman–Crippen MR) is 79.1 cm³/mol. The summed E-state index contributed by atoms with van der Waals surface area (Å²) in [5.41, 5.74) is -0.333. The molecular weight excluding hydrogens is 236 g/mol. The molecule has 1 aliphatic heterocycles. The molecule has 2 unspecified atom stereocenters. The number of piperidine rings is 1. The normalized spacial score (nSPS) is 30.8. The molecule has 3 heteroatoms. The maximum Gasteiger partial charge on any atom is 0.240 e. The van der Waals surface area contributed by atoms with Gasteiger partial charge in [0.1, 0.15) is 0 Å². The second kappa shape index (κ2) is 6.74. The standard InChI is InChI=1S/C16H30N2O/c1-3-14(13-9-5-4-6-10-13)18-15(19)16(2)11-7-8-12-17-16/h13-14,17H,3-12H2,1-2H3,(H,18,19). The topological polar surface area (TPSA) is 41.1 Å². The zero-order valence-corrected chi connectivity index (χ0v) is 12.6. The van der Waals surface area contributed by atoms with E-state index in [2.05, 4.69) is 24.5 Å². The fourth-order valence-corrected chi connectivity index (χ4v) is 3.67. The van der Waals surface area contributed by atoms with Crippen LogP contribution in [0.15, 0.2) is 0 Å². The average Bonchev–Trinajstić information content (AvgIpc) is 2.46. The Labute approximate surface area is 117 Å². The van der Waals surface area contributed by atoms with Gasteiger partial charge >= 0.3 is 0 Å². The second-order valence-corrected chi connectivity index (χ2v) is 6.60. The first kappa shape index (κ1) is 14.8. The smallest absolute Gasteiger partial charge is 0.240 e. The van der Waals surface area contributed by atoms with Crippen molar-refractivity contribution in [3.8, 4) is 0 Å². The van der Waals surface area contributed by atoms with E-state index in [-0.39, 0.29) is 11.4 Å². The van der Waals surface area contributed by atoms with Crippen LogP contribution in [-0.4, -0.2) is 24.0 Å². The van der Waals surface area contributed by atoms with E-state index in [0.717, 1.165) is 25.8 Å². The summed E-state index contributed by atoms with van der Waals surface area (Å²) < 4.78 is 0. The van der Waals surface area contributed by atoms with Gasteiger partial charge in [-0.25, -0.2) is 0 Å². The molecule has 2 N–H and O–H groups in total. The van der Waals surface area contributed by atoms with E-state index in [1.165, 1.54) is 38.5 Å². The lowest BCUT2D eigenvalue weighted by Gasteiger charge is -2.37. The van der Waals surface area contributed by atoms with Crippen LogP contribution in [0.5, 0.6) is 0 Å². The summed E-state index contributed by atoms with van der Waals surface area (Å²) in [6.07, 6.45) is 11.0. The Morgan fingerprint density at radius 3 is 2.58 bits per heavy atom. The van der Waals surface area contributed by atoms with Crippen molar-refractivity contribution >= 4 is 5.91 Å². The van der Waals surface area contributed by atoms with Crippen molar-refractivity contribution in [3.63, 3.8) is 0 Å². The summed E-state index contributed by atoms with van der Waals surface area (Å²) in [6.45, 7) is 5.25. The Hall–Kier alpha value is -0.570. The Morgan fingerprint density at radius 2 is 2.00 bits per heavy atom. The summed E-state index contributed by atoms with van der Waals surface area (Å²) in [5, 5.41) is 6.76. The number of nitrogens with one attached hydrogen (secondary N) is 2. The number of carbonyl (C=O) groups excluding carboxylic acids is 1. The van der Waals surface area contributed by atoms with E-state index in [0.29, 0.717) is 12.0 Å². The van der Waals surface area contributed by atoms with Crippen LogP contribution in [0.3, 0.4) is 0 Å². The lowest BCUT2D eigenvalue weighted by Crippen LogP contribution is -2.59. The van der Waals surface area contributed by atoms with Crippen molar-refractivity contribution in [3.05, 3.63) is 0 Å². The molecule has 0 aromatic carbocycles. The number of carbonyl (C=O) groups is 1. The first-order valence-corrected chi connectivity index (χ1v) is 8.22. The third kappa shape index (κ3) is 3.71. The van der Waals surface area contributed by atoms with Gasteiger partial charge < -0.3 is 10.6 Å². The van der Waals surface area contributed by atoms with Crippen molar-refractivity contribution in [2.45, 2.75) is 83.2 Å². The van der Waals surface area contributed by atoms with Crippen LogP contribution < -0.4 is 10.6 Å². The van der Waals surface area contributed by atoms with E-state index >= 15 is 0 Å². The molecule has 1 saturated heterocycles. The van der Waals surface area contributed by atoms with Crippen molar-refractivity contribution < 1.29 is 4.79 Å². The lowest BCUT2D eigenvalue weighted by molar-refractivity contribution is -0.129. The van der Waals surface area contributed by atoms with Crippen molar-refractivity contribution in [1.82, 2.24) is 10.6 Å². The van der Waals surface area contributed by atoms with Crippen LogP contribution in [0.2, 0.25) is 0 Å². The van der Waals surface area contributed by atoms with Crippen LogP contribution >= 0.6 is 0 Å². The van der Waals surface area contributed by atoms with E-state index in [1.807, 2.05) is 0 Å². The highest BCUT2D eigenvalue weighted by atomic mass is 16.2. The third-order valence-corrected chi connectivity index (χ3v) is 5.10. The van der Waals surface area contributed by atoms with Crippen LogP contribution in [-0.2, 0) is 4.79 Å². The van der Waals surface area contributed by atoms with Crippen LogP contribution in [0, 0.1) is 5.92 Å². The summed E-state index contributed by atoms with van der Waals surface area (Å²) in [6, 6.07) is 0.383. The van der Waals surface area contributed by atoms with Crippen LogP contribution in [0.1, 0.15) is 71.6 Å². The molecule has 1 aliphatic carbocycles. The molecule has 110 valence electrons. The van der Waals surface area contributed by atoms with Gasteiger partial charge in [-0.3, -0.25) is 4.79 Å². The molecule has 1 saturated carbocycles. The fraction of sp³-hybridized carbons (Fsp3) is 0.938. The minimum Gasteiger partial charge on any atom is -0.352 e. The Bertz CT molecular complexity index is 291. The fourth-order valence-electron chi connectivity index (χ4n) is 3.67. The molecule has 19 heavy (non-hydrogen) atoms. The monoisotopic (exact) mass is 266 g/mol. The molecule has 1 amide bonds.